The lowest BCUT2D eigenvalue weighted by molar-refractivity contribution is 0.0955. The van der Waals surface area contributed by atoms with Gasteiger partial charge < -0.3 is 0 Å². The van der Waals surface area contributed by atoms with Gasteiger partial charge in [0.15, 0.2) is 0 Å². The van der Waals surface area contributed by atoms with Gasteiger partial charge in [0.1, 0.15) is 0 Å². The van der Waals surface area contributed by atoms with Crippen molar-refractivity contribution in [1.29, 1.82) is 0 Å². The molecule has 0 saturated heterocycles. The summed E-state index contributed by atoms with van der Waals surface area (Å²) in [5.41, 5.74) is 4.88. The van der Waals surface area contributed by atoms with Crippen LogP contribution >= 0.6 is 11.6 Å². The number of fused-ring (bicyclic) bond motifs is 1. The SMILES string of the molecule is Cc1ccc(C(=O)NN=Cc2cccc3ccccc23)c(Cl)c1. The number of nitrogens with one attached hydrogen (secondary N) is 1. The molecule has 0 aromatic heterocycles. The van der Waals surface area contributed by atoms with Gasteiger partial charge in [-0.05, 0) is 35.4 Å². The van der Waals surface area contributed by atoms with Crippen LogP contribution in [0.4, 0.5) is 0 Å². The van der Waals surface area contributed by atoms with E-state index in [0.29, 0.717) is 10.6 Å². The molecule has 3 rings (SSSR count). The fourth-order valence-corrected chi connectivity index (χ4v) is 2.71. The largest absolute Gasteiger partial charge is 0.272 e. The molecule has 0 fully saturated rings. The first kappa shape index (κ1) is 15.3. The van der Waals surface area contributed by atoms with Crippen molar-refractivity contribution in [3.05, 3.63) is 82.4 Å². The van der Waals surface area contributed by atoms with Crippen LogP contribution in [0, 0.1) is 6.92 Å². The average Bonchev–Trinajstić information content (AvgIpc) is 2.55. The lowest BCUT2D eigenvalue weighted by atomic mass is 10.1. The molecular weight excluding hydrogens is 308 g/mol. The maximum absolute atomic E-state index is 12.1. The molecular formula is C19H15ClN2O. The quantitative estimate of drug-likeness (QED) is 0.557. The number of aryl methyl sites for hydroxylation is 1. The van der Waals surface area contributed by atoms with Crippen molar-refractivity contribution < 1.29 is 4.79 Å². The average molecular weight is 323 g/mol. The highest BCUT2D eigenvalue weighted by molar-refractivity contribution is 6.33. The summed E-state index contributed by atoms with van der Waals surface area (Å²) < 4.78 is 0. The van der Waals surface area contributed by atoms with Gasteiger partial charge in [-0.1, -0.05) is 60.1 Å². The van der Waals surface area contributed by atoms with E-state index in [9.17, 15) is 4.79 Å². The topological polar surface area (TPSA) is 41.5 Å². The normalized spacial score (nSPS) is 11.0. The molecule has 0 aliphatic heterocycles. The highest BCUT2D eigenvalue weighted by atomic mass is 35.5. The van der Waals surface area contributed by atoms with Gasteiger partial charge in [0.25, 0.3) is 5.91 Å². The van der Waals surface area contributed by atoms with Gasteiger partial charge in [-0.2, -0.15) is 5.10 Å². The van der Waals surface area contributed by atoms with Crippen molar-refractivity contribution in [1.82, 2.24) is 5.43 Å². The summed E-state index contributed by atoms with van der Waals surface area (Å²) in [6.07, 6.45) is 1.64. The highest BCUT2D eigenvalue weighted by Crippen LogP contribution is 2.18. The van der Waals surface area contributed by atoms with Crippen LogP contribution in [0.5, 0.6) is 0 Å². The zero-order valence-electron chi connectivity index (χ0n) is 12.6. The number of hydrazone groups is 1. The van der Waals surface area contributed by atoms with E-state index < -0.39 is 0 Å². The molecule has 1 N–H and O–H groups in total. The van der Waals surface area contributed by atoms with Crippen LogP contribution in [-0.4, -0.2) is 12.1 Å². The van der Waals surface area contributed by atoms with Crippen LogP contribution in [0.15, 0.2) is 65.8 Å². The Morgan fingerprint density at radius 2 is 1.87 bits per heavy atom. The minimum Gasteiger partial charge on any atom is -0.267 e. The smallest absolute Gasteiger partial charge is 0.267 e. The zero-order chi connectivity index (χ0) is 16.2. The lowest BCUT2D eigenvalue weighted by Crippen LogP contribution is -2.18. The Hall–Kier alpha value is -2.65. The molecule has 0 atom stereocenters. The predicted octanol–water partition coefficient (Wildman–Crippen LogP) is 4.57. The van der Waals surface area contributed by atoms with Crippen LogP contribution in [-0.2, 0) is 0 Å². The maximum Gasteiger partial charge on any atom is 0.272 e. The van der Waals surface area contributed by atoms with E-state index in [-0.39, 0.29) is 5.91 Å². The second-order valence-corrected chi connectivity index (χ2v) is 5.66. The fourth-order valence-electron chi connectivity index (χ4n) is 2.39. The number of amides is 1. The van der Waals surface area contributed by atoms with Gasteiger partial charge in [0, 0.05) is 5.56 Å². The van der Waals surface area contributed by atoms with E-state index in [1.807, 2.05) is 55.5 Å². The Balaban J connectivity index is 1.79. The number of halogens is 1. The monoisotopic (exact) mass is 322 g/mol. The van der Waals surface area contributed by atoms with Gasteiger partial charge >= 0.3 is 0 Å². The first-order valence-electron chi connectivity index (χ1n) is 7.22. The van der Waals surface area contributed by atoms with E-state index in [4.69, 9.17) is 11.6 Å². The Morgan fingerprint density at radius 1 is 1.09 bits per heavy atom. The molecule has 114 valence electrons. The van der Waals surface area contributed by atoms with Crippen LogP contribution < -0.4 is 5.43 Å². The molecule has 0 saturated carbocycles. The number of nitrogens with zero attached hydrogens (tertiary/aromatic N) is 1. The molecule has 3 nitrogen and oxygen atoms in total. The van der Waals surface area contributed by atoms with Crippen molar-refractivity contribution in [2.45, 2.75) is 6.92 Å². The summed E-state index contributed by atoms with van der Waals surface area (Å²) in [6.45, 7) is 1.92. The Morgan fingerprint density at radius 3 is 2.70 bits per heavy atom. The Bertz CT molecular complexity index is 898. The minimum atomic E-state index is -0.327. The molecule has 0 unspecified atom stereocenters. The molecule has 0 aliphatic carbocycles. The highest BCUT2D eigenvalue weighted by Gasteiger charge is 2.09. The number of carbonyl (C=O) groups excluding carboxylic acids is 1. The van der Waals surface area contributed by atoms with Gasteiger partial charge in [0.2, 0.25) is 0 Å². The lowest BCUT2D eigenvalue weighted by Gasteiger charge is -2.04. The molecule has 0 heterocycles. The van der Waals surface area contributed by atoms with Crippen molar-refractivity contribution in [3.8, 4) is 0 Å². The second kappa shape index (κ2) is 6.63. The third-order valence-electron chi connectivity index (χ3n) is 3.56. The first-order valence-corrected chi connectivity index (χ1v) is 7.60. The Kier molecular flexibility index (Phi) is 4.40. The summed E-state index contributed by atoms with van der Waals surface area (Å²) in [6, 6.07) is 19.3. The third-order valence-corrected chi connectivity index (χ3v) is 3.88. The summed E-state index contributed by atoms with van der Waals surface area (Å²) in [7, 11) is 0. The zero-order valence-corrected chi connectivity index (χ0v) is 13.3. The Labute approximate surface area is 139 Å². The van der Waals surface area contributed by atoms with Gasteiger partial charge in [-0.25, -0.2) is 5.43 Å². The van der Waals surface area contributed by atoms with E-state index in [2.05, 4.69) is 10.5 Å². The van der Waals surface area contributed by atoms with E-state index in [1.165, 1.54) is 0 Å². The van der Waals surface area contributed by atoms with Gasteiger partial charge in [-0.3, -0.25) is 4.79 Å². The molecule has 3 aromatic rings. The molecule has 0 spiro atoms. The first-order chi connectivity index (χ1) is 11.1. The van der Waals surface area contributed by atoms with Crippen molar-refractivity contribution in [3.63, 3.8) is 0 Å². The molecule has 0 bridgehead atoms. The third kappa shape index (κ3) is 3.41. The van der Waals surface area contributed by atoms with E-state index in [1.54, 1.807) is 18.3 Å². The number of rotatable bonds is 3. The fraction of sp³-hybridized carbons (Fsp3) is 0.0526. The van der Waals surface area contributed by atoms with Crippen LogP contribution in [0.1, 0.15) is 21.5 Å². The van der Waals surface area contributed by atoms with E-state index in [0.717, 1.165) is 21.9 Å². The van der Waals surface area contributed by atoms with Crippen molar-refractivity contribution >= 4 is 34.5 Å². The molecule has 0 aliphatic rings. The maximum atomic E-state index is 12.1. The van der Waals surface area contributed by atoms with Gasteiger partial charge in [-0.15, -0.1) is 0 Å². The number of hydrogen-bond acceptors (Lipinski definition) is 2. The number of hydrogen-bond donors (Lipinski definition) is 1. The van der Waals surface area contributed by atoms with Crippen LogP contribution in [0.25, 0.3) is 10.8 Å². The predicted molar refractivity (Wildman–Crippen MR) is 95.2 cm³/mol. The van der Waals surface area contributed by atoms with Crippen LogP contribution in [0.2, 0.25) is 5.02 Å². The summed E-state index contributed by atoms with van der Waals surface area (Å²) >= 11 is 6.09. The molecule has 4 heteroatoms. The standard InChI is InChI=1S/C19H15ClN2O/c1-13-9-10-17(18(20)11-13)19(23)22-21-12-15-7-4-6-14-5-2-3-8-16(14)15/h2-12H,1H3,(H,22,23). The van der Waals surface area contributed by atoms with Crippen LogP contribution in [0.3, 0.4) is 0 Å². The van der Waals surface area contributed by atoms with Crippen molar-refractivity contribution in [2.24, 2.45) is 5.10 Å². The molecule has 23 heavy (non-hydrogen) atoms. The second-order valence-electron chi connectivity index (χ2n) is 5.25. The summed E-state index contributed by atoms with van der Waals surface area (Å²) in [5, 5.41) is 6.68. The molecule has 1 amide bonds. The molecule has 0 radical (unpaired) electrons. The summed E-state index contributed by atoms with van der Waals surface area (Å²) in [4.78, 5) is 12.1. The van der Waals surface area contributed by atoms with E-state index >= 15 is 0 Å². The minimum absolute atomic E-state index is 0.327. The van der Waals surface area contributed by atoms with Gasteiger partial charge in [0.05, 0.1) is 16.8 Å². The molecule has 3 aromatic carbocycles. The van der Waals surface area contributed by atoms with Crippen molar-refractivity contribution in [2.75, 3.05) is 0 Å². The number of benzene rings is 3. The number of carbonyl (C=O) groups is 1. The summed E-state index contributed by atoms with van der Waals surface area (Å²) in [5.74, 6) is -0.327.